The topological polar surface area (TPSA) is 113 Å². The van der Waals surface area contributed by atoms with Gasteiger partial charge >= 0.3 is 5.97 Å². The first kappa shape index (κ1) is 23.5. The van der Waals surface area contributed by atoms with Crippen molar-refractivity contribution in [3.05, 3.63) is 47.3 Å². The van der Waals surface area contributed by atoms with E-state index in [9.17, 15) is 18.0 Å². The van der Waals surface area contributed by atoms with Gasteiger partial charge < -0.3 is 18.8 Å². The number of nitrogens with zero attached hydrogens (tertiary/aromatic N) is 2. The van der Waals surface area contributed by atoms with Crippen LogP contribution in [-0.4, -0.2) is 51.4 Å². The van der Waals surface area contributed by atoms with Crippen LogP contribution in [0.4, 0.5) is 0 Å². The minimum atomic E-state index is -3.42. The second kappa shape index (κ2) is 9.96. The molecule has 0 bridgehead atoms. The van der Waals surface area contributed by atoms with Crippen LogP contribution in [0.15, 0.2) is 52.4 Å². The van der Waals surface area contributed by atoms with Crippen LogP contribution >= 0.6 is 11.3 Å². The average molecular weight is 479 g/mol. The second-order valence-corrected chi connectivity index (χ2v) is 9.67. The number of aromatic nitrogens is 1. The highest BCUT2D eigenvalue weighted by atomic mass is 32.2. The molecule has 2 aromatic carbocycles. The van der Waals surface area contributed by atoms with Gasteiger partial charge in [-0.2, -0.15) is 4.99 Å². The van der Waals surface area contributed by atoms with Crippen molar-refractivity contribution < 1.29 is 32.2 Å². The Labute approximate surface area is 188 Å². The van der Waals surface area contributed by atoms with Gasteiger partial charge in [-0.3, -0.25) is 9.59 Å². The number of ether oxygens (including phenoxy) is 3. The van der Waals surface area contributed by atoms with Crippen molar-refractivity contribution in [2.45, 2.75) is 18.4 Å². The first-order valence-corrected chi connectivity index (χ1v) is 12.3. The maximum absolute atomic E-state index is 12.4. The first-order chi connectivity index (χ1) is 15.2. The molecule has 0 unspecified atom stereocenters. The molecule has 1 heterocycles. The summed E-state index contributed by atoms with van der Waals surface area (Å²) in [6.07, 6.45) is 1.11. The molecule has 170 valence electrons. The third kappa shape index (κ3) is 5.74. The van der Waals surface area contributed by atoms with Crippen molar-refractivity contribution in [2.24, 2.45) is 4.99 Å². The number of carbonyl (C=O) groups excluding carboxylic acids is 2. The van der Waals surface area contributed by atoms with Crippen LogP contribution in [0.25, 0.3) is 10.2 Å². The van der Waals surface area contributed by atoms with Gasteiger partial charge in [0.15, 0.2) is 21.2 Å². The van der Waals surface area contributed by atoms with E-state index in [-0.39, 0.29) is 29.5 Å². The molecule has 0 aliphatic rings. The smallest absolute Gasteiger partial charge is 0.326 e. The third-order valence-corrected chi connectivity index (χ3v) is 6.47. The van der Waals surface area contributed by atoms with Crippen LogP contribution < -0.4 is 14.3 Å². The Morgan fingerprint density at radius 1 is 1.09 bits per heavy atom. The zero-order valence-electron chi connectivity index (χ0n) is 17.7. The third-order valence-electron chi connectivity index (χ3n) is 4.32. The van der Waals surface area contributed by atoms with E-state index in [1.807, 2.05) is 0 Å². The Morgan fingerprint density at radius 2 is 1.78 bits per heavy atom. The van der Waals surface area contributed by atoms with Crippen molar-refractivity contribution in [2.75, 3.05) is 26.6 Å². The van der Waals surface area contributed by atoms with E-state index in [1.54, 1.807) is 44.4 Å². The fourth-order valence-corrected chi connectivity index (χ4v) is 4.62. The van der Waals surface area contributed by atoms with Crippen LogP contribution in [0.3, 0.4) is 0 Å². The van der Waals surface area contributed by atoms with Gasteiger partial charge in [0.2, 0.25) is 0 Å². The van der Waals surface area contributed by atoms with E-state index in [1.165, 1.54) is 16.7 Å². The Morgan fingerprint density at radius 3 is 2.41 bits per heavy atom. The first-order valence-electron chi connectivity index (χ1n) is 9.54. The molecule has 32 heavy (non-hydrogen) atoms. The molecule has 0 radical (unpaired) electrons. The summed E-state index contributed by atoms with van der Waals surface area (Å²) in [5, 5.41) is 0. The number of thiazole rings is 1. The van der Waals surface area contributed by atoms with Crippen LogP contribution in [0.5, 0.6) is 11.5 Å². The normalized spacial score (nSPS) is 12.0. The molecule has 0 saturated heterocycles. The lowest BCUT2D eigenvalue weighted by molar-refractivity contribution is -0.143. The van der Waals surface area contributed by atoms with Crippen molar-refractivity contribution in [3.8, 4) is 11.5 Å². The van der Waals surface area contributed by atoms with Gasteiger partial charge in [0.1, 0.15) is 18.0 Å². The molecular weight excluding hydrogens is 456 g/mol. The molecule has 11 heteroatoms. The van der Waals surface area contributed by atoms with E-state index in [0.29, 0.717) is 21.7 Å². The summed E-state index contributed by atoms with van der Waals surface area (Å²) in [4.78, 5) is 29.0. The van der Waals surface area contributed by atoms with E-state index >= 15 is 0 Å². The number of hydrogen-bond donors (Lipinski definition) is 0. The van der Waals surface area contributed by atoms with Crippen LogP contribution in [0, 0.1) is 0 Å². The van der Waals surface area contributed by atoms with Crippen molar-refractivity contribution in [1.29, 1.82) is 0 Å². The lowest BCUT2D eigenvalue weighted by Gasteiger charge is -2.06. The minimum Gasteiger partial charge on any atom is -0.497 e. The molecule has 9 nitrogen and oxygen atoms in total. The summed E-state index contributed by atoms with van der Waals surface area (Å²) < 4.78 is 41.4. The highest BCUT2D eigenvalue weighted by molar-refractivity contribution is 7.90. The fraction of sp³-hybridized carbons (Fsp3) is 0.286. The van der Waals surface area contributed by atoms with Gasteiger partial charge in [0, 0.05) is 6.26 Å². The maximum atomic E-state index is 12.4. The minimum absolute atomic E-state index is 0.134. The van der Waals surface area contributed by atoms with Gasteiger partial charge in [-0.25, -0.2) is 8.42 Å². The molecule has 0 spiro atoms. The quantitative estimate of drug-likeness (QED) is 0.456. The molecule has 1 amide bonds. The van der Waals surface area contributed by atoms with Crippen LogP contribution in [-0.2, 0) is 30.7 Å². The number of sulfone groups is 1. The average Bonchev–Trinajstić information content (AvgIpc) is 3.08. The molecule has 1 aromatic heterocycles. The van der Waals surface area contributed by atoms with Crippen molar-refractivity contribution >= 4 is 43.3 Å². The number of esters is 1. The molecule has 0 saturated carbocycles. The Kier molecular flexibility index (Phi) is 7.31. The predicted octanol–water partition coefficient (Wildman–Crippen LogP) is 2.18. The van der Waals surface area contributed by atoms with Crippen LogP contribution in [0.1, 0.15) is 6.92 Å². The number of hydrogen-bond acceptors (Lipinski definition) is 8. The molecule has 0 aliphatic carbocycles. The Bertz CT molecular complexity index is 1310. The standard InChI is InChI=1S/C21H22N2O7S2/c1-4-29-20(25)12-23-17-10-9-16(32(3,26)27)11-18(17)31-21(23)22-19(24)13-30-15-7-5-14(28-2)6-8-15/h5-11H,4,12-13H2,1-3H3. The SMILES string of the molecule is CCOC(=O)Cn1c(=NC(=O)COc2ccc(OC)cc2)sc2cc(S(C)(=O)=O)ccc21. The maximum Gasteiger partial charge on any atom is 0.326 e. The van der Waals surface area contributed by atoms with Gasteiger partial charge in [-0.1, -0.05) is 11.3 Å². The monoisotopic (exact) mass is 478 g/mol. The number of methoxy groups -OCH3 is 1. The number of rotatable bonds is 8. The number of fused-ring (bicyclic) bond motifs is 1. The predicted molar refractivity (Wildman–Crippen MR) is 119 cm³/mol. The zero-order valence-corrected chi connectivity index (χ0v) is 19.4. The molecule has 0 aliphatic heterocycles. The second-order valence-electron chi connectivity index (χ2n) is 6.65. The molecular formula is C21H22N2O7S2. The van der Waals surface area contributed by atoms with Gasteiger partial charge in [0.05, 0.1) is 28.8 Å². The largest absolute Gasteiger partial charge is 0.497 e. The van der Waals surface area contributed by atoms with E-state index < -0.39 is 21.7 Å². The Balaban J connectivity index is 1.93. The van der Waals surface area contributed by atoms with E-state index in [4.69, 9.17) is 14.2 Å². The van der Waals surface area contributed by atoms with Gasteiger partial charge in [0.25, 0.3) is 5.91 Å². The fourth-order valence-electron chi connectivity index (χ4n) is 2.81. The highest BCUT2D eigenvalue weighted by Gasteiger charge is 2.15. The summed E-state index contributed by atoms with van der Waals surface area (Å²) in [6, 6.07) is 11.3. The summed E-state index contributed by atoms with van der Waals surface area (Å²) in [5.74, 6) is 0.0751. The van der Waals surface area contributed by atoms with Crippen molar-refractivity contribution in [1.82, 2.24) is 4.57 Å². The van der Waals surface area contributed by atoms with E-state index in [2.05, 4.69) is 4.99 Å². The lowest BCUT2D eigenvalue weighted by Crippen LogP contribution is -2.24. The highest BCUT2D eigenvalue weighted by Crippen LogP contribution is 2.22. The van der Waals surface area contributed by atoms with Crippen molar-refractivity contribution in [3.63, 3.8) is 0 Å². The van der Waals surface area contributed by atoms with Gasteiger partial charge in [-0.05, 0) is 49.4 Å². The molecule has 0 fully saturated rings. The summed E-state index contributed by atoms with van der Waals surface area (Å²) in [5.41, 5.74) is 0.568. The Hall–Kier alpha value is -3.18. The van der Waals surface area contributed by atoms with Gasteiger partial charge in [-0.15, -0.1) is 0 Å². The molecule has 3 aromatic rings. The summed E-state index contributed by atoms with van der Waals surface area (Å²) in [6.45, 7) is 1.42. The summed E-state index contributed by atoms with van der Waals surface area (Å²) in [7, 11) is -1.87. The lowest BCUT2D eigenvalue weighted by atomic mass is 10.3. The zero-order chi connectivity index (χ0) is 23.3. The molecule has 0 atom stereocenters. The van der Waals surface area contributed by atoms with Crippen LogP contribution in [0.2, 0.25) is 0 Å². The van der Waals surface area contributed by atoms with E-state index in [0.717, 1.165) is 17.6 Å². The molecule has 3 rings (SSSR count). The number of amides is 1. The number of benzene rings is 2. The summed E-state index contributed by atoms with van der Waals surface area (Å²) >= 11 is 1.10. The number of carbonyl (C=O) groups is 2. The molecule has 0 N–H and O–H groups in total.